The molecule has 0 aliphatic rings. The predicted molar refractivity (Wildman–Crippen MR) is 75.5 cm³/mol. The summed E-state index contributed by atoms with van der Waals surface area (Å²) in [5, 5.41) is 0. The van der Waals surface area contributed by atoms with Crippen LogP contribution in [0.2, 0.25) is 0 Å². The van der Waals surface area contributed by atoms with E-state index in [2.05, 4.69) is 6.92 Å². The van der Waals surface area contributed by atoms with Crippen LogP contribution >= 0.6 is 0 Å². The molecule has 2 N–H and O–H groups in total. The van der Waals surface area contributed by atoms with Crippen molar-refractivity contribution >= 4 is 0 Å². The van der Waals surface area contributed by atoms with E-state index >= 15 is 0 Å². The summed E-state index contributed by atoms with van der Waals surface area (Å²) in [4.78, 5) is 0. The van der Waals surface area contributed by atoms with Gasteiger partial charge in [0.05, 0.1) is 6.61 Å². The molecule has 0 radical (unpaired) electrons. The summed E-state index contributed by atoms with van der Waals surface area (Å²) < 4.78 is 19.5. The molecule has 2 aromatic rings. The second-order valence-corrected chi connectivity index (χ2v) is 4.35. The molecule has 0 fully saturated rings. The van der Waals surface area contributed by atoms with Gasteiger partial charge in [-0.3, -0.25) is 0 Å². The average Bonchev–Trinajstić information content (AvgIpc) is 2.45. The number of nitrogens with two attached hydrogens (primary N) is 1. The van der Waals surface area contributed by atoms with Crippen molar-refractivity contribution in [2.24, 2.45) is 5.73 Å². The Hall–Kier alpha value is -1.87. The molecular weight excluding hydrogens is 241 g/mol. The fraction of sp³-hybridized carbons (Fsp3) is 0.250. The Morgan fingerprint density at radius 3 is 2.63 bits per heavy atom. The molecule has 19 heavy (non-hydrogen) atoms. The normalized spacial score (nSPS) is 10.5. The lowest BCUT2D eigenvalue weighted by molar-refractivity contribution is 0.318. The summed E-state index contributed by atoms with van der Waals surface area (Å²) >= 11 is 0. The van der Waals surface area contributed by atoms with Crippen molar-refractivity contribution in [1.82, 2.24) is 0 Å². The van der Waals surface area contributed by atoms with Crippen molar-refractivity contribution in [2.45, 2.75) is 19.9 Å². The van der Waals surface area contributed by atoms with E-state index in [9.17, 15) is 4.39 Å². The molecule has 0 aliphatic carbocycles. The Morgan fingerprint density at radius 1 is 1.16 bits per heavy atom. The fourth-order valence-electron chi connectivity index (χ4n) is 1.92. The highest BCUT2D eigenvalue weighted by Crippen LogP contribution is 2.30. The first-order valence-electron chi connectivity index (χ1n) is 6.47. The highest BCUT2D eigenvalue weighted by atomic mass is 19.1. The summed E-state index contributed by atoms with van der Waals surface area (Å²) in [7, 11) is 0. The zero-order valence-electron chi connectivity index (χ0n) is 11.0. The standard InChI is InChI=1S/C16H18FNO/c1-2-9-19-16-6-4-3-5-14(16)12-7-8-13(11-18)15(17)10-12/h3-8,10H,2,9,11,18H2,1H3. The van der Waals surface area contributed by atoms with Gasteiger partial charge in [-0.15, -0.1) is 0 Å². The summed E-state index contributed by atoms with van der Waals surface area (Å²) in [6.07, 6.45) is 0.939. The van der Waals surface area contributed by atoms with Gasteiger partial charge in [-0.05, 0) is 24.1 Å². The van der Waals surface area contributed by atoms with Gasteiger partial charge in [0.2, 0.25) is 0 Å². The van der Waals surface area contributed by atoms with E-state index in [-0.39, 0.29) is 12.4 Å². The molecule has 0 saturated heterocycles. The van der Waals surface area contributed by atoms with Crippen molar-refractivity contribution in [1.29, 1.82) is 0 Å². The van der Waals surface area contributed by atoms with Gasteiger partial charge >= 0.3 is 0 Å². The fourth-order valence-corrected chi connectivity index (χ4v) is 1.92. The molecule has 2 nitrogen and oxygen atoms in total. The zero-order valence-corrected chi connectivity index (χ0v) is 11.0. The average molecular weight is 259 g/mol. The van der Waals surface area contributed by atoms with E-state index in [4.69, 9.17) is 10.5 Å². The summed E-state index contributed by atoms with van der Waals surface area (Å²) in [5.41, 5.74) is 7.70. The van der Waals surface area contributed by atoms with Crippen molar-refractivity contribution in [2.75, 3.05) is 6.61 Å². The minimum absolute atomic E-state index is 0.208. The Kier molecular flexibility index (Phi) is 4.53. The number of hydrogen-bond acceptors (Lipinski definition) is 2. The van der Waals surface area contributed by atoms with Crippen LogP contribution in [0, 0.1) is 5.82 Å². The maximum atomic E-state index is 13.8. The van der Waals surface area contributed by atoms with Crippen LogP contribution in [0.3, 0.4) is 0 Å². The number of ether oxygens (including phenoxy) is 1. The van der Waals surface area contributed by atoms with Gasteiger partial charge in [-0.1, -0.05) is 37.3 Å². The maximum absolute atomic E-state index is 13.8. The van der Waals surface area contributed by atoms with E-state index in [1.165, 1.54) is 6.07 Å². The molecule has 0 spiro atoms. The highest BCUT2D eigenvalue weighted by molar-refractivity contribution is 5.70. The SMILES string of the molecule is CCCOc1ccccc1-c1ccc(CN)c(F)c1. The monoisotopic (exact) mass is 259 g/mol. The quantitative estimate of drug-likeness (QED) is 0.887. The number of hydrogen-bond donors (Lipinski definition) is 1. The predicted octanol–water partition coefficient (Wildman–Crippen LogP) is 3.74. The molecule has 3 heteroatoms. The van der Waals surface area contributed by atoms with Gasteiger partial charge in [0.1, 0.15) is 11.6 Å². The number of halogens is 1. The number of rotatable bonds is 5. The molecule has 2 aromatic carbocycles. The van der Waals surface area contributed by atoms with Crippen LogP contribution in [0.15, 0.2) is 42.5 Å². The largest absolute Gasteiger partial charge is 0.493 e. The van der Waals surface area contributed by atoms with Gasteiger partial charge < -0.3 is 10.5 Å². The summed E-state index contributed by atoms with van der Waals surface area (Å²) in [5.74, 6) is 0.509. The first-order valence-corrected chi connectivity index (χ1v) is 6.47. The van der Waals surface area contributed by atoms with E-state index in [1.54, 1.807) is 6.07 Å². The van der Waals surface area contributed by atoms with Crippen LogP contribution in [-0.4, -0.2) is 6.61 Å². The zero-order chi connectivity index (χ0) is 13.7. The van der Waals surface area contributed by atoms with E-state index in [0.717, 1.165) is 23.3 Å². The lowest BCUT2D eigenvalue weighted by Crippen LogP contribution is -2.00. The molecule has 0 bridgehead atoms. The van der Waals surface area contributed by atoms with Crippen LogP contribution in [0.1, 0.15) is 18.9 Å². The number of para-hydroxylation sites is 1. The van der Waals surface area contributed by atoms with Crippen molar-refractivity contribution in [3.8, 4) is 16.9 Å². The minimum Gasteiger partial charge on any atom is -0.493 e. The van der Waals surface area contributed by atoms with Crippen LogP contribution in [0.25, 0.3) is 11.1 Å². The van der Waals surface area contributed by atoms with Crippen molar-refractivity contribution in [3.05, 3.63) is 53.8 Å². The van der Waals surface area contributed by atoms with Crippen molar-refractivity contribution < 1.29 is 9.13 Å². The molecule has 0 aliphatic heterocycles. The third-order valence-electron chi connectivity index (χ3n) is 2.93. The third kappa shape index (κ3) is 3.12. The van der Waals surface area contributed by atoms with Gasteiger partial charge in [0, 0.05) is 17.7 Å². The van der Waals surface area contributed by atoms with Crippen LogP contribution < -0.4 is 10.5 Å². The Balaban J connectivity index is 2.38. The van der Waals surface area contributed by atoms with Gasteiger partial charge in [-0.25, -0.2) is 4.39 Å². The highest BCUT2D eigenvalue weighted by Gasteiger charge is 2.08. The number of benzene rings is 2. The van der Waals surface area contributed by atoms with E-state index in [1.807, 2.05) is 30.3 Å². The van der Waals surface area contributed by atoms with E-state index < -0.39 is 0 Å². The maximum Gasteiger partial charge on any atom is 0.128 e. The van der Waals surface area contributed by atoms with E-state index in [0.29, 0.717) is 12.2 Å². The Bertz CT molecular complexity index is 554. The third-order valence-corrected chi connectivity index (χ3v) is 2.93. The van der Waals surface area contributed by atoms with Crippen LogP contribution in [-0.2, 0) is 6.54 Å². The lowest BCUT2D eigenvalue weighted by Gasteiger charge is -2.11. The first kappa shape index (κ1) is 13.6. The minimum atomic E-state index is -0.273. The topological polar surface area (TPSA) is 35.2 Å². The molecule has 0 amide bonds. The molecule has 0 atom stereocenters. The Morgan fingerprint density at radius 2 is 1.95 bits per heavy atom. The van der Waals surface area contributed by atoms with Gasteiger partial charge in [0.25, 0.3) is 0 Å². The summed E-state index contributed by atoms with van der Waals surface area (Å²) in [6.45, 7) is 2.92. The second kappa shape index (κ2) is 6.34. The second-order valence-electron chi connectivity index (χ2n) is 4.35. The molecule has 100 valence electrons. The lowest BCUT2D eigenvalue weighted by atomic mass is 10.0. The van der Waals surface area contributed by atoms with Gasteiger partial charge in [0.15, 0.2) is 0 Å². The van der Waals surface area contributed by atoms with Crippen LogP contribution in [0.5, 0.6) is 5.75 Å². The molecule has 0 heterocycles. The molecular formula is C16H18FNO. The smallest absolute Gasteiger partial charge is 0.128 e. The first-order chi connectivity index (χ1) is 9.26. The Labute approximate surface area is 113 Å². The summed E-state index contributed by atoms with van der Waals surface area (Å²) in [6, 6.07) is 12.8. The van der Waals surface area contributed by atoms with Gasteiger partial charge in [-0.2, -0.15) is 0 Å². The van der Waals surface area contributed by atoms with Crippen molar-refractivity contribution in [3.63, 3.8) is 0 Å². The molecule has 0 saturated carbocycles. The molecule has 0 unspecified atom stereocenters. The molecule has 0 aromatic heterocycles. The molecule has 2 rings (SSSR count). The van der Waals surface area contributed by atoms with Crippen LogP contribution in [0.4, 0.5) is 4.39 Å².